The van der Waals surface area contributed by atoms with Crippen LogP contribution in [0, 0.1) is 0 Å². The van der Waals surface area contributed by atoms with Gasteiger partial charge in [-0.3, -0.25) is 14.9 Å². The zero-order valence-electron chi connectivity index (χ0n) is 13.4. The molecule has 3 aromatic rings. The van der Waals surface area contributed by atoms with Crippen molar-refractivity contribution >= 4 is 39.4 Å². The lowest BCUT2D eigenvalue weighted by molar-refractivity contribution is 0.0963. The van der Waals surface area contributed by atoms with Crippen LogP contribution in [-0.4, -0.2) is 23.2 Å². The lowest BCUT2D eigenvalue weighted by Crippen LogP contribution is -2.18. The summed E-state index contributed by atoms with van der Waals surface area (Å²) in [6.07, 6.45) is 1.64. The summed E-state index contributed by atoms with van der Waals surface area (Å²) in [4.78, 5) is 29.1. The highest BCUT2D eigenvalue weighted by Crippen LogP contribution is 2.30. The Morgan fingerprint density at radius 2 is 1.92 bits per heavy atom. The largest absolute Gasteiger partial charge is 0.355 e. The maximum atomic E-state index is 12.1. The number of benzene rings is 2. The number of aromatic nitrogens is 1. The molecule has 0 radical (unpaired) electrons. The van der Waals surface area contributed by atoms with Gasteiger partial charge in [0.15, 0.2) is 5.13 Å². The van der Waals surface area contributed by atoms with Gasteiger partial charge in [-0.2, -0.15) is 0 Å². The van der Waals surface area contributed by atoms with E-state index in [4.69, 9.17) is 0 Å². The summed E-state index contributed by atoms with van der Waals surface area (Å²) < 4.78 is 0. The third-order valence-electron chi connectivity index (χ3n) is 3.40. The molecular weight excluding hydrogens is 354 g/mol. The van der Waals surface area contributed by atoms with Crippen LogP contribution in [0.15, 0.2) is 65.0 Å². The maximum Gasteiger partial charge on any atom is 0.290 e. The van der Waals surface area contributed by atoms with Crippen LogP contribution >= 0.6 is 23.1 Å². The Kier molecular flexibility index (Phi) is 5.47. The Labute approximate surface area is 153 Å². The first-order valence-electron chi connectivity index (χ1n) is 7.47. The van der Waals surface area contributed by atoms with Gasteiger partial charge >= 0.3 is 0 Å². The number of amides is 2. The quantitative estimate of drug-likeness (QED) is 0.665. The fourth-order valence-corrected chi connectivity index (χ4v) is 3.54. The number of nitrogens with zero attached hydrogens (tertiary/aromatic N) is 1. The standard InChI is InChI=1S/C18H15N3O2S2/c1-19-16(22)14-8-7-13(11-15(14)12-5-3-2-4-6-12)25-18(23)21-17-20-9-10-24-17/h2-11H,1H3,(H,19,22)(H,20,21,23). The predicted molar refractivity (Wildman–Crippen MR) is 102 cm³/mol. The van der Waals surface area contributed by atoms with E-state index in [0.717, 1.165) is 27.8 Å². The van der Waals surface area contributed by atoms with Crippen LogP contribution in [0.5, 0.6) is 0 Å². The van der Waals surface area contributed by atoms with Crippen LogP contribution in [0.1, 0.15) is 10.4 Å². The van der Waals surface area contributed by atoms with Gasteiger partial charge in [-0.05, 0) is 41.1 Å². The number of thiazole rings is 1. The van der Waals surface area contributed by atoms with Gasteiger partial charge in [-0.1, -0.05) is 30.3 Å². The van der Waals surface area contributed by atoms with Gasteiger partial charge in [0.25, 0.3) is 11.1 Å². The first-order chi connectivity index (χ1) is 12.2. The summed E-state index contributed by atoms with van der Waals surface area (Å²) in [5, 5.41) is 7.51. The van der Waals surface area contributed by atoms with E-state index in [9.17, 15) is 9.59 Å². The van der Waals surface area contributed by atoms with Crippen LogP contribution < -0.4 is 10.6 Å². The molecule has 5 nitrogen and oxygen atoms in total. The molecule has 25 heavy (non-hydrogen) atoms. The summed E-state index contributed by atoms with van der Waals surface area (Å²) in [6.45, 7) is 0. The molecule has 1 heterocycles. The van der Waals surface area contributed by atoms with Gasteiger partial charge in [-0.15, -0.1) is 11.3 Å². The minimum atomic E-state index is -0.221. The highest BCUT2D eigenvalue weighted by Gasteiger charge is 2.14. The molecule has 2 N–H and O–H groups in total. The number of carbonyl (C=O) groups excluding carboxylic acids is 2. The van der Waals surface area contributed by atoms with E-state index in [0.29, 0.717) is 10.7 Å². The van der Waals surface area contributed by atoms with Crippen molar-refractivity contribution in [3.63, 3.8) is 0 Å². The molecule has 7 heteroatoms. The molecule has 2 amide bonds. The summed E-state index contributed by atoms with van der Waals surface area (Å²) in [6, 6.07) is 15.0. The molecule has 0 fully saturated rings. The van der Waals surface area contributed by atoms with Crippen molar-refractivity contribution in [2.75, 3.05) is 12.4 Å². The van der Waals surface area contributed by atoms with E-state index in [1.165, 1.54) is 11.3 Å². The Morgan fingerprint density at radius 1 is 1.12 bits per heavy atom. The number of hydrogen-bond donors (Lipinski definition) is 2. The minimum Gasteiger partial charge on any atom is -0.355 e. The SMILES string of the molecule is CNC(=O)c1ccc(SC(=O)Nc2nccs2)cc1-c1ccccc1. The molecule has 0 atom stereocenters. The number of anilines is 1. The monoisotopic (exact) mass is 369 g/mol. The average molecular weight is 369 g/mol. The fourth-order valence-electron chi connectivity index (χ4n) is 2.28. The fraction of sp³-hybridized carbons (Fsp3) is 0.0556. The van der Waals surface area contributed by atoms with Crippen LogP contribution in [0.2, 0.25) is 0 Å². The molecule has 3 rings (SSSR count). The number of nitrogens with one attached hydrogen (secondary N) is 2. The average Bonchev–Trinajstić information content (AvgIpc) is 3.14. The third-order valence-corrected chi connectivity index (χ3v) is 4.87. The van der Waals surface area contributed by atoms with Crippen LogP contribution in [-0.2, 0) is 0 Å². The molecule has 126 valence electrons. The smallest absolute Gasteiger partial charge is 0.290 e. The van der Waals surface area contributed by atoms with Gasteiger partial charge in [0, 0.05) is 29.1 Å². The lowest BCUT2D eigenvalue weighted by Gasteiger charge is -2.11. The zero-order chi connectivity index (χ0) is 17.6. The topological polar surface area (TPSA) is 71.1 Å². The number of hydrogen-bond acceptors (Lipinski definition) is 5. The molecule has 0 aliphatic heterocycles. The molecular formula is C18H15N3O2S2. The second-order valence-electron chi connectivity index (χ2n) is 5.00. The van der Waals surface area contributed by atoms with E-state index in [2.05, 4.69) is 15.6 Å². The Morgan fingerprint density at radius 3 is 2.60 bits per heavy atom. The number of carbonyl (C=O) groups is 2. The van der Waals surface area contributed by atoms with Gasteiger partial charge in [0.05, 0.1) is 0 Å². The van der Waals surface area contributed by atoms with Crippen molar-refractivity contribution in [3.8, 4) is 11.1 Å². The van der Waals surface area contributed by atoms with Crippen LogP contribution in [0.25, 0.3) is 11.1 Å². The molecule has 0 saturated heterocycles. The van der Waals surface area contributed by atoms with Crippen molar-refractivity contribution in [2.45, 2.75) is 4.90 Å². The van der Waals surface area contributed by atoms with E-state index in [1.54, 1.807) is 30.8 Å². The summed E-state index contributed by atoms with van der Waals surface area (Å²) in [5.41, 5.74) is 2.27. The van der Waals surface area contributed by atoms with E-state index >= 15 is 0 Å². The van der Waals surface area contributed by atoms with Crippen molar-refractivity contribution in [1.82, 2.24) is 10.3 Å². The van der Waals surface area contributed by atoms with Gasteiger partial charge in [0.2, 0.25) is 0 Å². The van der Waals surface area contributed by atoms with Gasteiger partial charge in [0.1, 0.15) is 0 Å². The highest BCUT2D eigenvalue weighted by atomic mass is 32.2. The summed E-state index contributed by atoms with van der Waals surface area (Å²) >= 11 is 2.43. The molecule has 0 bridgehead atoms. The number of rotatable bonds is 4. The Balaban J connectivity index is 1.88. The first kappa shape index (κ1) is 17.2. The van der Waals surface area contributed by atoms with E-state index in [1.807, 2.05) is 36.4 Å². The summed E-state index contributed by atoms with van der Waals surface area (Å²) in [5.74, 6) is -0.164. The van der Waals surface area contributed by atoms with E-state index in [-0.39, 0.29) is 11.1 Å². The Bertz CT molecular complexity index is 881. The Hall–Kier alpha value is -2.64. The minimum absolute atomic E-state index is 0.164. The summed E-state index contributed by atoms with van der Waals surface area (Å²) in [7, 11) is 1.60. The second kappa shape index (κ2) is 7.96. The maximum absolute atomic E-state index is 12.1. The van der Waals surface area contributed by atoms with Crippen molar-refractivity contribution in [3.05, 3.63) is 65.7 Å². The zero-order valence-corrected chi connectivity index (χ0v) is 15.0. The molecule has 0 aliphatic carbocycles. The molecule has 0 saturated carbocycles. The lowest BCUT2D eigenvalue weighted by atomic mass is 9.99. The van der Waals surface area contributed by atoms with E-state index < -0.39 is 0 Å². The van der Waals surface area contributed by atoms with Crippen molar-refractivity contribution in [2.24, 2.45) is 0 Å². The van der Waals surface area contributed by atoms with Crippen molar-refractivity contribution < 1.29 is 9.59 Å². The molecule has 2 aromatic carbocycles. The molecule has 1 aromatic heterocycles. The molecule has 0 aliphatic rings. The number of thioether (sulfide) groups is 1. The second-order valence-corrected chi connectivity index (χ2v) is 6.95. The van der Waals surface area contributed by atoms with Gasteiger partial charge < -0.3 is 5.32 Å². The third kappa shape index (κ3) is 4.26. The van der Waals surface area contributed by atoms with Gasteiger partial charge in [-0.25, -0.2) is 4.98 Å². The van der Waals surface area contributed by atoms with Crippen molar-refractivity contribution in [1.29, 1.82) is 0 Å². The van der Waals surface area contributed by atoms with Crippen LogP contribution in [0.4, 0.5) is 9.93 Å². The first-order valence-corrected chi connectivity index (χ1v) is 9.17. The molecule has 0 spiro atoms. The normalized spacial score (nSPS) is 10.3. The highest BCUT2D eigenvalue weighted by molar-refractivity contribution is 8.14. The van der Waals surface area contributed by atoms with Crippen LogP contribution in [0.3, 0.4) is 0 Å². The molecule has 0 unspecified atom stereocenters. The predicted octanol–water partition coefficient (Wildman–Crippen LogP) is 4.49.